The molecule has 2 aromatic rings. The van der Waals surface area contributed by atoms with Crippen LogP contribution in [0.4, 0.5) is 5.69 Å². The summed E-state index contributed by atoms with van der Waals surface area (Å²) in [6.45, 7) is 6.31. The fourth-order valence-corrected chi connectivity index (χ4v) is 3.37. The molecule has 146 valence electrons. The van der Waals surface area contributed by atoms with E-state index in [0.29, 0.717) is 24.2 Å². The van der Waals surface area contributed by atoms with Gasteiger partial charge in [0, 0.05) is 17.8 Å². The minimum atomic E-state index is -3.51. The third kappa shape index (κ3) is 6.08. The lowest BCUT2D eigenvalue weighted by Crippen LogP contribution is -2.24. The van der Waals surface area contributed by atoms with Crippen LogP contribution >= 0.6 is 0 Å². The lowest BCUT2D eigenvalue weighted by molar-refractivity contribution is 0.102. The van der Waals surface area contributed by atoms with Crippen LogP contribution in [0.1, 0.15) is 44.0 Å². The summed E-state index contributed by atoms with van der Waals surface area (Å²) in [5.41, 5.74) is 1.02. The topological polar surface area (TPSA) is 84.5 Å². The Labute approximate surface area is 161 Å². The molecule has 0 bridgehead atoms. The highest BCUT2D eigenvalue weighted by atomic mass is 32.2. The van der Waals surface area contributed by atoms with Crippen LogP contribution in [0.2, 0.25) is 0 Å². The van der Waals surface area contributed by atoms with Crippen LogP contribution in [0.5, 0.6) is 5.75 Å². The van der Waals surface area contributed by atoms with Crippen LogP contribution in [0.3, 0.4) is 0 Å². The maximum atomic E-state index is 12.3. The summed E-state index contributed by atoms with van der Waals surface area (Å²) in [6.07, 6.45) is 1.74. The van der Waals surface area contributed by atoms with Crippen molar-refractivity contribution >= 4 is 21.6 Å². The number of sulfonamides is 1. The predicted molar refractivity (Wildman–Crippen MR) is 107 cm³/mol. The molecule has 1 atom stereocenters. The number of carbonyl (C=O) groups excluding carboxylic acids is 1. The molecule has 7 heteroatoms. The first-order valence-electron chi connectivity index (χ1n) is 9.03. The van der Waals surface area contributed by atoms with E-state index in [1.807, 2.05) is 20.8 Å². The zero-order chi connectivity index (χ0) is 19.9. The van der Waals surface area contributed by atoms with Crippen LogP contribution in [0, 0.1) is 0 Å². The van der Waals surface area contributed by atoms with E-state index in [1.54, 1.807) is 36.4 Å². The van der Waals surface area contributed by atoms with Gasteiger partial charge < -0.3 is 10.1 Å². The molecule has 6 nitrogen and oxygen atoms in total. The number of benzene rings is 2. The van der Waals surface area contributed by atoms with Gasteiger partial charge in [-0.1, -0.05) is 13.8 Å². The normalized spacial score (nSPS) is 12.4. The van der Waals surface area contributed by atoms with Gasteiger partial charge >= 0.3 is 0 Å². The summed E-state index contributed by atoms with van der Waals surface area (Å²) in [5.74, 6) is 0.444. The van der Waals surface area contributed by atoms with Crippen molar-refractivity contribution in [1.82, 2.24) is 4.72 Å². The van der Waals surface area contributed by atoms with Gasteiger partial charge in [-0.3, -0.25) is 4.79 Å². The van der Waals surface area contributed by atoms with Gasteiger partial charge in [-0.2, -0.15) is 0 Å². The van der Waals surface area contributed by atoms with Crippen LogP contribution in [0.25, 0.3) is 0 Å². The third-order valence-corrected chi connectivity index (χ3v) is 5.47. The Balaban J connectivity index is 2.01. The van der Waals surface area contributed by atoms with Crippen molar-refractivity contribution < 1.29 is 17.9 Å². The highest BCUT2D eigenvalue weighted by Gasteiger charge is 2.13. The Bertz CT molecular complexity index is 847. The largest absolute Gasteiger partial charge is 0.491 e. The van der Waals surface area contributed by atoms with Crippen molar-refractivity contribution in [3.8, 4) is 5.75 Å². The second-order valence-electron chi connectivity index (χ2n) is 6.24. The summed E-state index contributed by atoms with van der Waals surface area (Å²) in [5, 5.41) is 2.76. The van der Waals surface area contributed by atoms with Gasteiger partial charge in [-0.15, -0.1) is 0 Å². The number of nitrogens with one attached hydrogen (secondary N) is 2. The fourth-order valence-electron chi connectivity index (χ4n) is 2.24. The molecule has 27 heavy (non-hydrogen) atoms. The average molecular weight is 391 g/mol. The van der Waals surface area contributed by atoms with Crippen LogP contribution in [-0.4, -0.2) is 27.0 Å². The maximum Gasteiger partial charge on any atom is 0.255 e. The fraction of sp³-hybridized carbons (Fsp3) is 0.350. The lowest BCUT2D eigenvalue weighted by atomic mass is 10.2. The molecule has 0 fully saturated rings. The summed E-state index contributed by atoms with van der Waals surface area (Å²) >= 11 is 0. The standard InChI is InChI=1S/C20H26N2O4S/c1-4-14-21-27(24,25)19-12-8-17(9-13-19)22-20(23)16-6-10-18(11-7-16)26-15(3)5-2/h6-13,15,21H,4-5,14H2,1-3H3,(H,22,23). The van der Waals surface area contributed by atoms with Crippen LogP contribution in [-0.2, 0) is 10.0 Å². The summed E-state index contributed by atoms with van der Waals surface area (Å²) in [4.78, 5) is 12.5. The Hall–Kier alpha value is -2.38. The molecule has 1 amide bonds. The van der Waals surface area contributed by atoms with E-state index in [0.717, 1.165) is 12.2 Å². The molecule has 0 saturated heterocycles. The summed E-state index contributed by atoms with van der Waals surface area (Å²) in [6, 6.07) is 13.0. The molecule has 0 radical (unpaired) electrons. The molecule has 2 rings (SSSR count). The van der Waals surface area contributed by atoms with Crippen molar-refractivity contribution in [3.05, 3.63) is 54.1 Å². The third-order valence-electron chi connectivity index (χ3n) is 3.99. The minimum Gasteiger partial charge on any atom is -0.491 e. The van der Waals surface area contributed by atoms with Crippen molar-refractivity contribution in [2.45, 2.75) is 44.6 Å². The molecule has 0 spiro atoms. The number of amides is 1. The molecule has 0 aliphatic rings. The molecular weight excluding hydrogens is 364 g/mol. The first-order valence-corrected chi connectivity index (χ1v) is 10.5. The molecule has 0 heterocycles. The Kier molecular flexibility index (Phi) is 7.38. The Morgan fingerprint density at radius 3 is 2.22 bits per heavy atom. The van der Waals surface area contributed by atoms with Crippen molar-refractivity contribution in [2.24, 2.45) is 0 Å². The van der Waals surface area contributed by atoms with Gasteiger partial charge in [-0.25, -0.2) is 13.1 Å². The quantitative estimate of drug-likeness (QED) is 0.682. The summed E-state index contributed by atoms with van der Waals surface area (Å²) in [7, 11) is -3.51. The van der Waals surface area contributed by atoms with Gasteiger partial charge in [-0.05, 0) is 68.3 Å². The van der Waals surface area contributed by atoms with Crippen LogP contribution in [0.15, 0.2) is 53.4 Å². The minimum absolute atomic E-state index is 0.117. The zero-order valence-electron chi connectivity index (χ0n) is 15.9. The molecule has 2 aromatic carbocycles. The SMILES string of the molecule is CCCNS(=O)(=O)c1ccc(NC(=O)c2ccc(OC(C)CC)cc2)cc1. The van der Waals surface area contributed by atoms with E-state index in [-0.39, 0.29) is 16.9 Å². The second-order valence-corrected chi connectivity index (χ2v) is 8.00. The van der Waals surface area contributed by atoms with E-state index >= 15 is 0 Å². The number of hydrogen-bond acceptors (Lipinski definition) is 4. The molecule has 0 saturated carbocycles. The van der Waals surface area contributed by atoms with Crippen molar-refractivity contribution in [2.75, 3.05) is 11.9 Å². The number of carbonyl (C=O) groups is 1. The van der Waals surface area contributed by atoms with E-state index in [2.05, 4.69) is 10.0 Å². The van der Waals surface area contributed by atoms with Crippen molar-refractivity contribution in [1.29, 1.82) is 0 Å². The predicted octanol–water partition coefficient (Wildman–Crippen LogP) is 3.80. The molecule has 2 N–H and O–H groups in total. The number of ether oxygens (including phenoxy) is 1. The Morgan fingerprint density at radius 1 is 1.04 bits per heavy atom. The average Bonchev–Trinajstić information content (AvgIpc) is 2.67. The van der Waals surface area contributed by atoms with Gasteiger partial charge in [0.15, 0.2) is 0 Å². The highest BCUT2D eigenvalue weighted by molar-refractivity contribution is 7.89. The van der Waals surface area contributed by atoms with E-state index in [9.17, 15) is 13.2 Å². The smallest absolute Gasteiger partial charge is 0.255 e. The van der Waals surface area contributed by atoms with Gasteiger partial charge in [0.05, 0.1) is 11.0 Å². The van der Waals surface area contributed by atoms with Gasteiger partial charge in [0.2, 0.25) is 10.0 Å². The number of anilines is 1. The lowest BCUT2D eigenvalue weighted by Gasteiger charge is -2.13. The molecule has 0 aliphatic carbocycles. The Morgan fingerprint density at radius 2 is 1.67 bits per heavy atom. The number of rotatable bonds is 9. The molecule has 0 aromatic heterocycles. The first-order chi connectivity index (χ1) is 12.9. The first kappa shape index (κ1) is 20.9. The van der Waals surface area contributed by atoms with Crippen LogP contribution < -0.4 is 14.8 Å². The highest BCUT2D eigenvalue weighted by Crippen LogP contribution is 2.18. The molecular formula is C20H26N2O4S. The summed E-state index contributed by atoms with van der Waals surface area (Å²) < 4.78 is 32.3. The molecule has 0 aliphatic heterocycles. The van der Waals surface area contributed by atoms with E-state index < -0.39 is 10.0 Å². The monoisotopic (exact) mass is 390 g/mol. The van der Waals surface area contributed by atoms with Gasteiger partial charge in [0.1, 0.15) is 5.75 Å². The maximum absolute atomic E-state index is 12.3. The van der Waals surface area contributed by atoms with E-state index in [4.69, 9.17) is 4.74 Å². The van der Waals surface area contributed by atoms with Crippen molar-refractivity contribution in [3.63, 3.8) is 0 Å². The van der Waals surface area contributed by atoms with E-state index in [1.165, 1.54) is 12.1 Å². The molecule has 1 unspecified atom stereocenters. The number of hydrogen-bond donors (Lipinski definition) is 2. The van der Waals surface area contributed by atoms with Gasteiger partial charge in [0.25, 0.3) is 5.91 Å². The second kappa shape index (κ2) is 9.53. The zero-order valence-corrected chi connectivity index (χ0v) is 16.7.